The number of rotatable bonds is 4. The molecule has 1 aromatic carbocycles. The van der Waals surface area contributed by atoms with Gasteiger partial charge in [-0.3, -0.25) is 4.79 Å². The average Bonchev–Trinajstić information content (AvgIpc) is 2.18. The predicted molar refractivity (Wildman–Crippen MR) is 59.6 cm³/mol. The topological polar surface area (TPSA) is 49.3 Å². The lowest BCUT2D eigenvalue weighted by Gasteiger charge is -2.08. The molecular weight excluding hydrogens is 190 g/mol. The van der Waals surface area contributed by atoms with Crippen molar-refractivity contribution in [1.82, 2.24) is 5.32 Å². The molecule has 0 saturated carbocycles. The molecule has 0 aliphatic heterocycles. The average molecular weight is 207 g/mol. The highest BCUT2D eigenvalue weighted by atomic mass is 16.3. The molecule has 0 heterocycles. The number of nitrogens with one attached hydrogen (secondary N) is 1. The van der Waals surface area contributed by atoms with Gasteiger partial charge in [0, 0.05) is 6.54 Å². The quantitative estimate of drug-likeness (QED) is 0.775. The van der Waals surface area contributed by atoms with Crippen LogP contribution in [0.3, 0.4) is 0 Å². The highest BCUT2D eigenvalue weighted by molar-refractivity contribution is 5.78. The Labute approximate surface area is 90.1 Å². The van der Waals surface area contributed by atoms with E-state index in [9.17, 15) is 4.79 Å². The van der Waals surface area contributed by atoms with E-state index >= 15 is 0 Å². The number of hydrogen-bond donors (Lipinski definition) is 2. The van der Waals surface area contributed by atoms with E-state index in [0.29, 0.717) is 13.0 Å². The minimum absolute atomic E-state index is 0.0507. The van der Waals surface area contributed by atoms with Gasteiger partial charge >= 0.3 is 0 Å². The smallest absolute Gasteiger partial charge is 0.224 e. The van der Waals surface area contributed by atoms with Gasteiger partial charge in [-0.1, -0.05) is 24.3 Å². The minimum Gasteiger partial charge on any atom is -0.392 e. The number of hydrogen-bond acceptors (Lipinski definition) is 2. The molecule has 0 radical (unpaired) electrons. The van der Waals surface area contributed by atoms with Crippen molar-refractivity contribution in [3.63, 3.8) is 0 Å². The predicted octanol–water partition coefficient (Wildman–Crippen LogP) is 1.03. The van der Waals surface area contributed by atoms with Crippen molar-refractivity contribution in [1.29, 1.82) is 0 Å². The van der Waals surface area contributed by atoms with Gasteiger partial charge in [-0.05, 0) is 25.0 Å². The number of amides is 1. The van der Waals surface area contributed by atoms with Gasteiger partial charge in [0.05, 0.1) is 12.5 Å². The summed E-state index contributed by atoms with van der Waals surface area (Å²) in [6, 6.07) is 7.80. The fourth-order valence-electron chi connectivity index (χ4n) is 1.31. The van der Waals surface area contributed by atoms with Crippen molar-refractivity contribution >= 4 is 5.91 Å². The molecular formula is C12H17NO2. The van der Waals surface area contributed by atoms with E-state index in [2.05, 4.69) is 5.32 Å². The van der Waals surface area contributed by atoms with Crippen molar-refractivity contribution < 1.29 is 9.90 Å². The molecule has 3 heteroatoms. The van der Waals surface area contributed by atoms with Crippen molar-refractivity contribution in [3.8, 4) is 0 Å². The number of aliphatic hydroxyl groups is 1. The van der Waals surface area contributed by atoms with Gasteiger partial charge in [0.1, 0.15) is 0 Å². The largest absolute Gasteiger partial charge is 0.392 e. The lowest BCUT2D eigenvalue weighted by atomic mass is 10.1. The van der Waals surface area contributed by atoms with E-state index < -0.39 is 6.10 Å². The maximum Gasteiger partial charge on any atom is 0.224 e. The van der Waals surface area contributed by atoms with Gasteiger partial charge in [-0.2, -0.15) is 0 Å². The van der Waals surface area contributed by atoms with Crippen molar-refractivity contribution in [3.05, 3.63) is 35.4 Å². The summed E-state index contributed by atoms with van der Waals surface area (Å²) in [5, 5.41) is 11.7. The highest BCUT2D eigenvalue weighted by Crippen LogP contribution is 2.07. The third-order valence-electron chi connectivity index (χ3n) is 2.21. The van der Waals surface area contributed by atoms with E-state index in [1.165, 1.54) is 0 Å². The fraction of sp³-hybridized carbons (Fsp3) is 0.417. The first kappa shape index (κ1) is 11.7. The molecule has 0 spiro atoms. The van der Waals surface area contributed by atoms with Crippen LogP contribution in [0.1, 0.15) is 18.1 Å². The first-order valence-corrected chi connectivity index (χ1v) is 5.09. The molecule has 1 amide bonds. The van der Waals surface area contributed by atoms with Crippen molar-refractivity contribution in [2.45, 2.75) is 26.4 Å². The van der Waals surface area contributed by atoms with Crippen molar-refractivity contribution in [2.24, 2.45) is 0 Å². The molecule has 0 aliphatic carbocycles. The van der Waals surface area contributed by atoms with Crippen LogP contribution in [0, 0.1) is 6.92 Å². The summed E-state index contributed by atoms with van der Waals surface area (Å²) in [4.78, 5) is 11.4. The summed E-state index contributed by atoms with van der Waals surface area (Å²) in [5.41, 5.74) is 2.14. The molecule has 1 aromatic rings. The summed E-state index contributed by atoms with van der Waals surface area (Å²) in [7, 11) is 0. The van der Waals surface area contributed by atoms with Crippen LogP contribution in [0.25, 0.3) is 0 Å². The number of benzene rings is 1. The van der Waals surface area contributed by atoms with Gasteiger partial charge in [0.2, 0.25) is 5.91 Å². The molecule has 2 N–H and O–H groups in total. The summed E-state index contributed by atoms with van der Waals surface area (Å²) in [5.74, 6) is -0.0507. The Kier molecular flexibility index (Phi) is 4.31. The molecule has 15 heavy (non-hydrogen) atoms. The second kappa shape index (κ2) is 5.51. The van der Waals surface area contributed by atoms with E-state index in [4.69, 9.17) is 5.11 Å². The third kappa shape index (κ3) is 4.13. The summed E-state index contributed by atoms with van der Waals surface area (Å²) >= 11 is 0. The van der Waals surface area contributed by atoms with Crippen LogP contribution in [0.15, 0.2) is 24.3 Å². The standard InChI is InChI=1S/C12H17NO2/c1-9-5-3-4-6-11(9)7-12(15)13-8-10(2)14/h3-6,10,14H,7-8H2,1-2H3,(H,13,15)/t10-/m1/s1. The summed E-state index contributed by atoms with van der Waals surface area (Å²) < 4.78 is 0. The number of aliphatic hydroxyl groups excluding tert-OH is 1. The van der Waals surface area contributed by atoms with Gasteiger partial charge in [0.15, 0.2) is 0 Å². The lowest BCUT2D eigenvalue weighted by Crippen LogP contribution is -2.31. The zero-order valence-corrected chi connectivity index (χ0v) is 9.16. The van der Waals surface area contributed by atoms with E-state index in [1.54, 1.807) is 6.92 Å². The zero-order valence-electron chi connectivity index (χ0n) is 9.16. The molecule has 0 fully saturated rings. The zero-order chi connectivity index (χ0) is 11.3. The molecule has 3 nitrogen and oxygen atoms in total. The van der Waals surface area contributed by atoms with Crippen LogP contribution < -0.4 is 5.32 Å². The third-order valence-corrected chi connectivity index (χ3v) is 2.21. The monoisotopic (exact) mass is 207 g/mol. The molecule has 0 aromatic heterocycles. The first-order valence-electron chi connectivity index (χ1n) is 5.09. The van der Waals surface area contributed by atoms with Crippen LogP contribution in [0.5, 0.6) is 0 Å². The lowest BCUT2D eigenvalue weighted by molar-refractivity contribution is -0.120. The first-order chi connectivity index (χ1) is 7.09. The van der Waals surface area contributed by atoms with Crippen LogP contribution in [-0.4, -0.2) is 23.7 Å². The van der Waals surface area contributed by atoms with Gasteiger partial charge < -0.3 is 10.4 Å². The Balaban J connectivity index is 2.48. The maximum atomic E-state index is 11.4. The van der Waals surface area contributed by atoms with Crippen LogP contribution in [0.4, 0.5) is 0 Å². The Morgan fingerprint density at radius 1 is 1.47 bits per heavy atom. The van der Waals surface area contributed by atoms with E-state index in [1.807, 2.05) is 31.2 Å². The molecule has 1 rings (SSSR count). The Morgan fingerprint density at radius 2 is 2.13 bits per heavy atom. The Morgan fingerprint density at radius 3 is 2.73 bits per heavy atom. The second-order valence-electron chi connectivity index (χ2n) is 3.76. The highest BCUT2D eigenvalue weighted by Gasteiger charge is 2.05. The molecule has 0 unspecified atom stereocenters. The molecule has 82 valence electrons. The van der Waals surface area contributed by atoms with Crippen molar-refractivity contribution in [2.75, 3.05) is 6.54 Å². The normalized spacial score (nSPS) is 12.2. The summed E-state index contributed by atoms with van der Waals surface area (Å²) in [6.45, 7) is 3.94. The van der Waals surface area contributed by atoms with Crippen LogP contribution >= 0.6 is 0 Å². The minimum atomic E-state index is -0.495. The van der Waals surface area contributed by atoms with E-state index in [-0.39, 0.29) is 5.91 Å². The van der Waals surface area contributed by atoms with Gasteiger partial charge in [-0.25, -0.2) is 0 Å². The second-order valence-corrected chi connectivity index (χ2v) is 3.76. The molecule has 1 atom stereocenters. The molecule has 0 saturated heterocycles. The maximum absolute atomic E-state index is 11.4. The number of carbonyl (C=O) groups excluding carboxylic acids is 1. The van der Waals surface area contributed by atoms with E-state index in [0.717, 1.165) is 11.1 Å². The molecule has 0 bridgehead atoms. The Hall–Kier alpha value is -1.35. The number of carbonyl (C=O) groups is 1. The number of aryl methyl sites for hydroxylation is 1. The van der Waals surface area contributed by atoms with Gasteiger partial charge in [-0.15, -0.1) is 0 Å². The molecule has 0 aliphatic rings. The van der Waals surface area contributed by atoms with Crippen LogP contribution in [0.2, 0.25) is 0 Å². The van der Waals surface area contributed by atoms with Gasteiger partial charge in [0.25, 0.3) is 0 Å². The summed E-state index contributed by atoms with van der Waals surface area (Å²) in [6.07, 6.45) is -0.120. The van der Waals surface area contributed by atoms with Crippen LogP contribution in [-0.2, 0) is 11.2 Å². The Bertz CT molecular complexity index is 334. The SMILES string of the molecule is Cc1ccccc1CC(=O)NC[C@@H](C)O. The fourth-order valence-corrected chi connectivity index (χ4v) is 1.31.